The highest BCUT2D eigenvalue weighted by molar-refractivity contribution is 5.26. The Labute approximate surface area is 121 Å². The van der Waals surface area contributed by atoms with Crippen LogP contribution < -0.4 is 10.1 Å². The highest BCUT2D eigenvalue weighted by atomic mass is 16.5. The summed E-state index contributed by atoms with van der Waals surface area (Å²) in [5.41, 5.74) is 1.18. The van der Waals surface area contributed by atoms with Crippen molar-refractivity contribution >= 4 is 0 Å². The predicted molar refractivity (Wildman–Crippen MR) is 80.0 cm³/mol. The molecule has 112 valence electrons. The zero-order chi connectivity index (χ0) is 14.2. The lowest BCUT2D eigenvalue weighted by molar-refractivity contribution is 0.00545. The molecule has 1 aliphatic rings. The zero-order valence-corrected chi connectivity index (χ0v) is 12.6. The minimum Gasteiger partial charge on any atom is -0.492 e. The van der Waals surface area contributed by atoms with Gasteiger partial charge in [-0.2, -0.15) is 0 Å². The van der Waals surface area contributed by atoms with Crippen molar-refractivity contribution in [1.29, 1.82) is 0 Å². The van der Waals surface area contributed by atoms with Gasteiger partial charge in [0.15, 0.2) is 0 Å². The van der Waals surface area contributed by atoms with Gasteiger partial charge in [0.2, 0.25) is 0 Å². The van der Waals surface area contributed by atoms with E-state index in [2.05, 4.69) is 23.3 Å². The molecule has 1 aromatic heterocycles. The number of hydrogen-bond acceptors (Lipinski definition) is 4. The number of nitrogens with one attached hydrogen (secondary N) is 1. The maximum atomic E-state index is 5.84. The number of ether oxygens (including phenoxy) is 2. The summed E-state index contributed by atoms with van der Waals surface area (Å²) < 4.78 is 11.5. The summed E-state index contributed by atoms with van der Waals surface area (Å²) in [5.74, 6) is 0.856. The SMILES string of the molecule is CCCOc1cncc(C(CC2CCCCO2)NC)c1. The average Bonchev–Trinajstić information content (AvgIpc) is 2.52. The minimum absolute atomic E-state index is 0.274. The number of pyridine rings is 1. The smallest absolute Gasteiger partial charge is 0.137 e. The van der Waals surface area contributed by atoms with Gasteiger partial charge in [-0.05, 0) is 50.8 Å². The quantitative estimate of drug-likeness (QED) is 0.832. The zero-order valence-electron chi connectivity index (χ0n) is 12.6. The lowest BCUT2D eigenvalue weighted by Crippen LogP contribution is -2.27. The highest BCUT2D eigenvalue weighted by Crippen LogP contribution is 2.26. The van der Waals surface area contributed by atoms with Gasteiger partial charge in [-0.25, -0.2) is 0 Å². The Balaban J connectivity index is 1.98. The molecule has 4 heteroatoms. The summed E-state index contributed by atoms with van der Waals surface area (Å²) in [6.07, 6.45) is 9.71. The topological polar surface area (TPSA) is 43.4 Å². The molecule has 0 amide bonds. The van der Waals surface area contributed by atoms with E-state index in [9.17, 15) is 0 Å². The van der Waals surface area contributed by atoms with Crippen LogP contribution in [-0.4, -0.2) is 31.3 Å². The van der Waals surface area contributed by atoms with Crippen LogP contribution in [0.15, 0.2) is 18.5 Å². The van der Waals surface area contributed by atoms with E-state index in [-0.39, 0.29) is 6.04 Å². The van der Waals surface area contributed by atoms with Gasteiger partial charge in [-0.3, -0.25) is 4.98 Å². The first-order valence-corrected chi connectivity index (χ1v) is 7.70. The molecular formula is C16H26N2O2. The van der Waals surface area contributed by atoms with Crippen molar-refractivity contribution in [1.82, 2.24) is 10.3 Å². The predicted octanol–water partition coefficient (Wildman–Crippen LogP) is 3.09. The van der Waals surface area contributed by atoms with Crippen LogP contribution in [0.4, 0.5) is 0 Å². The molecule has 2 atom stereocenters. The van der Waals surface area contributed by atoms with Gasteiger partial charge in [0.1, 0.15) is 5.75 Å². The Morgan fingerprint density at radius 1 is 1.45 bits per heavy atom. The first kappa shape index (κ1) is 15.3. The van der Waals surface area contributed by atoms with Crippen LogP contribution in [0, 0.1) is 0 Å². The third-order valence-electron chi connectivity index (χ3n) is 3.73. The highest BCUT2D eigenvalue weighted by Gasteiger charge is 2.20. The molecule has 2 rings (SSSR count). The Morgan fingerprint density at radius 2 is 2.35 bits per heavy atom. The van der Waals surface area contributed by atoms with Crippen molar-refractivity contribution in [3.05, 3.63) is 24.0 Å². The summed E-state index contributed by atoms with van der Waals surface area (Å²) in [4.78, 5) is 4.29. The standard InChI is InChI=1S/C16H26N2O2/c1-3-7-19-15-9-13(11-18-12-15)16(17-2)10-14-6-4-5-8-20-14/h9,11-12,14,16-17H,3-8,10H2,1-2H3. The number of nitrogens with zero attached hydrogens (tertiary/aromatic N) is 1. The summed E-state index contributed by atoms with van der Waals surface area (Å²) in [6, 6.07) is 2.36. The normalized spacial score (nSPS) is 20.6. The van der Waals surface area contributed by atoms with Crippen LogP contribution in [0.5, 0.6) is 5.75 Å². The fourth-order valence-electron chi connectivity index (χ4n) is 2.60. The van der Waals surface area contributed by atoms with E-state index in [1.807, 2.05) is 13.2 Å². The van der Waals surface area contributed by atoms with Crippen LogP contribution in [0.2, 0.25) is 0 Å². The van der Waals surface area contributed by atoms with Crippen LogP contribution in [0.25, 0.3) is 0 Å². The van der Waals surface area contributed by atoms with E-state index in [4.69, 9.17) is 9.47 Å². The molecule has 0 bridgehead atoms. The largest absolute Gasteiger partial charge is 0.492 e. The molecule has 0 aromatic carbocycles. The molecule has 20 heavy (non-hydrogen) atoms. The number of hydrogen-bond donors (Lipinski definition) is 1. The second-order valence-electron chi connectivity index (χ2n) is 5.37. The van der Waals surface area contributed by atoms with Gasteiger partial charge in [-0.1, -0.05) is 6.92 Å². The van der Waals surface area contributed by atoms with Crippen LogP contribution in [0.3, 0.4) is 0 Å². The lowest BCUT2D eigenvalue weighted by Gasteiger charge is -2.27. The average molecular weight is 278 g/mol. The third-order valence-corrected chi connectivity index (χ3v) is 3.73. The van der Waals surface area contributed by atoms with Crippen molar-refractivity contribution in [2.75, 3.05) is 20.3 Å². The minimum atomic E-state index is 0.274. The molecule has 1 aliphatic heterocycles. The van der Waals surface area contributed by atoms with Gasteiger partial charge >= 0.3 is 0 Å². The molecule has 2 heterocycles. The van der Waals surface area contributed by atoms with E-state index >= 15 is 0 Å². The summed E-state index contributed by atoms with van der Waals surface area (Å²) >= 11 is 0. The van der Waals surface area contributed by atoms with Crippen LogP contribution in [0.1, 0.15) is 50.6 Å². The molecule has 2 unspecified atom stereocenters. The van der Waals surface area contributed by atoms with Crippen LogP contribution in [-0.2, 0) is 4.74 Å². The maximum absolute atomic E-state index is 5.84. The Hall–Kier alpha value is -1.13. The van der Waals surface area contributed by atoms with Crippen LogP contribution >= 0.6 is 0 Å². The monoisotopic (exact) mass is 278 g/mol. The summed E-state index contributed by atoms with van der Waals surface area (Å²) in [7, 11) is 1.99. The molecular weight excluding hydrogens is 252 g/mol. The molecule has 1 saturated heterocycles. The Bertz CT molecular complexity index is 392. The molecule has 0 radical (unpaired) electrons. The third kappa shape index (κ3) is 4.46. The van der Waals surface area contributed by atoms with E-state index in [1.54, 1.807) is 6.20 Å². The van der Waals surface area contributed by atoms with E-state index in [0.717, 1.165) is 38.2 Å². The molecule has 0 aliphatic carbocycles. The first-order valence-electron chi connectivity index (χ1n) is 7.70. The molecule has 1 fully saturated rings. The number of rotatable bonds is 7. The van der Waals surface area contributed by atoms with Gasteiger partial charge in [0.05, 0.1) is 18.9 Å². The van der Waals surface area contributed by atoms with Crippen molar-refractivity contribution in [2.45, 2.75) is 51.2 Å². The fraction of sp³-hybridized carbons (Fsp3) is 0.688. The van der Waals surface area contributed by atoms with Crippen molar-refractivity contribution in [3.8, 4) is 5.75 Å². The van der Waals surface area contributed by atoms with Gasteiger partial charge < -0.3 is 14.8 Å². The molecule has 1 N–H and O–H groups in total. The second-order valence-corrected chi connectivity index (χ2v) is 5.37. The summed E-state index contributed by atoms with van der Waals surface area (Å²) in [5, 5.41) is 3.37. The summed E-state index contributed by atoms with van der Waals surface area (Å²) in [6.45, 7) is 3.74. The van der Waals surface area contributed by atoms with Crippen molar-refractivity contribution < 1.29 is 9.47 Å². The molecule has 4 nitrogen and oxygen atoms in total. The Kier molecular flexibility index (Phi) is 6.27. The first-order chi connectivity index (χ1) is 9.83. The van der Waals surface area contributed by atoms with E-state index in [0.29, 0.717) is 6.10 Å². The van der Waals surface area contributed by atoms with Gasteiger partial charge in [-0.15, -0.1) is 0 Å². The molecule has 1 aromatic rings. The van der Waals surface area contributed by atoms with Gasteiger partial charge in [0, 0.05) is 18.8 Å². The van der Waals surface area contributed by atoms with Gasteiger partial charge in [0.25, 0.3) is 0 Å². The molecule has 0 spiro atoms. The fourth-order valence-corrected chi connectivity index (χ4v) is 2.60. The van der Waals surface area contributed by atoms with Crippen molar-refractivity contribution in [3.63, 3.8) is 0 Å². The van der Waals surface area contributed by atoms with Crippen molar-refractivity contribution in [2.24, 2.45) is 0 Å². The second kappa shape index (κ2) is 8.22. The lowest BCUT2D eigenvalue weighted by atomic mass is 9.97. The maximum Gasteiger partial charge on any atom is 0.137 e. The van der Waals surface area contributed by atoms with E-state index < -0.39 is 0 Å². The van der Waals surface area contributed by atoms with E-state index in [1.165, 1.54) is 18.4 Å². The molecule has 0 saturated carbocycles. The number of aromatic nitrogens is 1. The Morgan fingerprint density at radius 3 is 3.05 bits per heavy atom.